The SMILES string of the molecule is COc1cc(/C=C2\SC(=S)N(C(C)C(=O)Nc3nccs3)C2=O)cc(OC)c1O. The summed E-state index contributed by atoms with van der Waals surface area (Å²) in [5, 5.41) is 14.9. The van der Waals surface area contributed by atoms with E-state index in [1.807, 2.05) is 0 Å². The molecule has 1 aromatic heterocycles. The van der Waals surface area contributed by atoms with Crippen LogP contribution in [0.5, 0.6) is 17.2 Å². The smallest absolute Gasteiger partial charge is 0.266 e. The molecule has 3 rings (SSSR count). The maximum absolute atomic E-state index is 12.9. The summed E-state index contributed by atoms with van der Waals surface area (Å²) in [7, 11) is 2.83. The van der Waals surface area contributed by atoms with E-state index in [9.17, 15) is 14.7 Å². The fraction of sp³-hybridized carbons (Fsp3) is 0.222. The molecule has 11 heteroatoms. The van der Waals surface area contributed by atoms with Gasteiger partial charge in [0.1, 0.15) is 10.4 Å². The van der Waals surface area contributed by atoms with Crippen LogP contribution in [-0.4, -0.2) is 51.4 Å². The predicted octanol–water partition coefficient (Wildman–Crippen LogP) is 3.09. The number of rotatable bonds is 6. The zero-order chi connectivity index (χ0) is 21.1. The maximum atomic E-state index is 12.9. The van der Waals surface area contributed by atoms with Crippen LogP contribution in [0.25, 0.3) is 6.08 Å². The number of thiazole rings is 1. The highest BCUT2D eigenvalue weighted by Gasteiger charge is 2.38. The third-order valence-corrected chi connectivity index (χ3v) is 6.07. The molecule has 8 nitrogen and oxygen atoms in total. The van der Waals surface area contributed by atoms with Crippen LogP contribution in [0.2, 0.25) is 0 Å². The Morgan fingerprint density at radius 3 is 2.55 bits per heavy atom. The van der Waals surface area contributed by atoms with Gasteiger partial charge in [0.05, 0.1) is 19.1 Å². The number of benzene rings is 1. The van der Waals surface area contributed by atoms with Crippen molar-refractivity contribution in [3.63, 3.8) is 0 Å². The van der Waals surface area contributed by atoms with Crippen molar-refractivity contribution < 1.29 is 24.2 Å². The van der Waals surface area contributed by atoms with Crippen LogP contribution in [0.15, 0.2) is 28.6 Å². The van der Waals surface area contributed by atoms with Crippen LogP contribution in [0.3, 0.4) is 0 Å². The number of anilines is 1. The quantitative estimate of drug-likeness (QED) is 0.510. The molecule has 1 aromatic carbocycles. The Balaban J connectivity index is 1.84. The minimum absolute atomic E-state index is 0.132. The molecule has 1 unspecified atom stereocenters. The number of hydrogen-bond donors (Lipinski definition) is 2. The summed E-state index contributed by atoms with van der Waals surface area (Å²) in [4.78, 5) is 31.0. The van der Waals surface area contributed by atoms with Crippen molar-refractivity contribution in [3.8, 4) is 17.2 Å². The Hall–Kier alpha value is -2.63. The van der Waals surface area contributed by atoms with Crippen molar-refractivity contribution in [2.75, 3.05) is 19.5 Å². The second kappa shape index (κ2) is 8.80. The van der Waals surface area contributed by atoms with E-state index in [2.05, 4.69) is 10.3 Å². The lowest BCUT2D eigenvalue weighted by Gasteiger charge is -2.21. The van der Waals surface area contributed by atoms with Crippen LogP contribution in [0.1, 0.15) is 12.5 Å². The number of amides is 2. The lowest BCUT2D eigenvalue weighted by molar-refractivity contribution is -0.129. The average molecular weight is 452 g/mol. The van der Waals surface area contributed by atoms with Crippen LogP contribution < -0.4 is 14.8 Å². The first-order valence-corrected chi connectivity index (χ1v) is 10.4. The Labute approximate surface area is 180 Å². The number of ether oxygens (including phenoxy) is 2. The minimum Gasteiger partial charge on any atom is -0.502 e. The number of phenols is 1. The number of aromatic nitrogens is 1. The standard InChI is InChI=1S/C18H17N3O5S3/c1-9(15(23)20-17-19-4-5-28-17)21-16(24)13(29-18(21)27)8-10-6-11(25-2)14(22)12(7-10)26-3/h4-9,22H,1-3H3,(H,19,20,23)/b13-8-. The average Bonchev–Trinajstić information content (AvgIpc) is 3.30. The Morgan fingerprint density at radius 2 is 2.00 bits per heavy atom. The number of carbonyl (C=O) groups excluding carboxylic acids is 2. The Kier molecular flexibility index (Phi) is 6.40. The summed E-state index contributed by atoms with van der Waals surface area (Å²) in [6.07, 6.45) is 3.18. The van der Waals surface area contributed by atoms with E-state index < -0.39 is 6.04 Å². The molecule has 1 aliphatic rings. The predicted molar refractivity (Wildman–Crippen MR) is 116 cm³/mol. The summed E-state index contributed by atoms with van der Waals surface area (Å²) < 4.78 is 10.6. The summed E-state index contributed by atoms with van der Waals surface area (Å²) in [6.45, 7) is 1.60. The normalized spacial score (nSPS) is 16.2. The van der Waals surface area contributed by atoms with Gasteiger partial charge in [0.2, 0.25) is 11.7 Å². The van der Waals surface area contributed by atoms with Crippen LogP contribution >= 0.6 is 35.3 Å². The van der Waals surface area contributed by atoms with Gasteiger partial charge in [-0.1, -0.05) is 24.0 Å². The molecule has 0 spiro atoms. The zero-order valence-corrected chi connectivity index (χ0v) is 18.1. The van der Waals surface area contributed by atoms with E-state index in [0.29, 0.717) is 15.6 Å². The van der Waals surface area contributed by atoms with E-state index >= 15 is 0 Å². The number of carbonyl (C=O) groups is 2. The molecule has 0 aliphatic carbocycles. The molecule has 1 aliphatic heterocycles. The molecule has 1 atom stereocenters. The molecule has 1 saturated heterocycles. The summed E-state index contributed by atoms with van der Waals surface area (Å²) in [6, 6.07) is 2.34. The number of thioether (sulfide) groups is 1. The Bertz CT molecular complexity index is 966. The largest absolute Gasteiger partial charge is 0.502 e. The van der Waals surface area contributed by atoms with E-state index in [-0.39, 0.29) is 33.4 Å². The van der Waals surface area contributed by atoms with Crippen LogP contribution in [0, 0.1) is 0 Å². The molecule has 29 heavy (non-hydrogen) atoms. The van der Waals surface area contributed by atoms with Gasteiger partial charge in [-0.25, -0.2) is 4.98 Å². The molecule has 0 bridgehead atoms. The van der Waals surface area contributed by atoms with Gasteiger partial charge in [0, 0.05) is 11.6 Å². The van der Waals surface area contributed by atoms with Crippen LogP contribution in [0.4, 0.5) is 5.13 Å². The number of aromatic hydroxyl groups is 1. The lowest BCUT2D eigenvalue weighted by atomic mass is 10.1. The fourth-order valence-corrected chi connectivity index (χ4v) is 4.52. The second-order valence-electron chi connectivity index (χ2n) is 5.83. The van der Waals surface area contributed by atoms with E-state index in [1.165, 1.54) is 30.5 Å². The first-order valence-electron chi connectivity index (χ1n) is 8.28. The topological polar surface area (TPSA) is 101 Å². The number of methoxy groups -OCH3 is 2. The van der Waals surface area contributed by atoms with Crippen molar-refractivity contribution in [1.82, 2.24) is 9.88 Å². The van der Waals surface area contributed by atoms with Gasteiger partial charge >= 0.3 is 0 Å². The van der Waals surface area contributed by atoms with Gasteiger partial charge in [-0.3, -0.25) is 14.5 Å². The van der Waals surface area contributed by atoms with Crippen molar-refractivity contribution in [2.24, 2.45) is 0 Å². The number of nitrogens with one attached hydrogen (secondary N) is 1. The van der Waals surface area contributed by atoms with Crippen molar-refractivity contribution in [2.45, 2.75) is 13.0 Å². The molecule has 2 aromatic rings. The van der Waals surface area contributed by atoms with Crippen molar-refractivity contribution >= 4 is 62.7 Å². The molecule has 2 amide bonds. The van der Waals surface area contributed by atoms with Gasteiger partial charge in [-0.05, 0) is 30.7 Å². The highest BCUT2D eigenvalue weighted by molar-refractivity contribution is 8.26. The number of thiocarbonyl (C=S) groups is 1. The summed E-state index contributed by atoms with van der Waals surface area (Å²) in [5.74, 6) is -0.477. The Morgan fingerprint density at radius 1 is 1.34 bits per heavy atom. The third kappa shape index (κ3) is 4.36. The molecule has 2 N–H and O–H groups in total. The van der Waals surface area contributed by atoms with Crippen molar-refractivity contribution in [1.29, 1.82) is 0 Å². The number of phenolic OH excluding ortho intramolecular Hbond substituents is 1. The lowest BCUT2D eigenvalue weighted by Crippen LogP contribution is -2.44. The van der Waals surface area contributed by atoms with Gasteiger partial charge < -0.3 is 19.9 Å². The highest BCUT2D eigenvalue weighted by Crippen LogP contribution is 2.40. The fourth-order valence-electron chi connectivity index (χ4n) is 2.57. The molecule has 0 radical (unpaired) electrons. The van der Waals surface area contributed by atoms with Crippen LogP contribution in [-0.2, 0) is 9.59 Å². The monoisotopic (exact) mass is 451 g/mol. The van der Waals surface area contributed by atoms with Gasteiger partial charge in [-0.15, -0.1) is 11.3 Å². The van der Waals surface area contributed by atoms with Gasteiger partial charge in [0.15, 0.2) is 16.6 Å². The molecular formula is C18H17N3O5S3. The van der Waals surface area contributed by atoms with Gasteiger partial charge in [0.25, 0.3) is 5.91 Å². The maximum Gasteiger partial charge on any atom is 0.266 e. The minimum atomic E-state index is -0.804. The second-order valence-corrected chi connectivity index (χ2v) is 8.40. The molecule has 0 saturated carbocycles. The molecule has 1 fully saturated rings. The van der Waals surface area contributed by atoms with Crippen molar-refractivity contribution in [3.05, 3.63) is 34.2 Å². The van der Waals surface area contributed by atoms with E-state index in [0.717, 1.165) is 11.8 Å². The first kappa shape index (κ1) is 21.1. The molecular weight excluding hydrogens is 434 g/mol. The summed E-state index contributed by atoms with van der Waals surface area (Å²) in [5.41, 5.74) is 0.580. The van der Waals surface area contributed by atoms with E-state index in [4.69, 9.17) is 21.7 Å². The number of nitrogens with zero attached hydrogens (tertiary/aromatic N) is 2. The molecule has 2 heterocycles. The number of hydrogen-bond acceptors (Lipinski definition) is 9. The first-order chi connectivity index (χ1) is 13.8. The molecule has 152 valence electrons. The van der Waals surface area contributed by atoms with Gasteiger partial charge in [-0.2, -0.15) is 0 Å². The summed E-state index contributed by atoms with van der Waals surface area (Å²) >= 11 is 7.69. The van der Waals surface area contributed by atoms with E-state index in [1.54, 1.807) is 36.7 Å². The zero-order valence-electron chi connectivity index (χ0n) is 15.7. The highest BCUT2D eigenvalue weighted by atomic mass is 32.2. The third-order valence-electron chi connectivity index (χ3n) is 4.05.